The summed E-state index contributed by atoms with van der Waals surface area (Å²) in [4.78, 5) is 0. The van der Waals surface area contributed by atoms with Gasteiger partial charge in [0, 0.05) is 6.04 Å². The predicted octanol–water partition coefficient (Wildman–Crippen LogP) is 3.86. The topological polar surface area (TPSA) is 26.0 Å². The third kappa shape index (κ3) is 3.61. The normalized spacial score (nSPS) is 20.8. The maximum atomic E-state index is 6.00. The van der Waals surface area contributed by atoms with Crippen LogP contribution in [-0.4, -0.2) is 6.04 Å². The highest BCUT2D eigenvalue weighted by Crippen LogP contribution is 2.51. The summed E-state index contributed by atoms with van der Waals surface area (Å²) >= 11 is 0. The second kappa shape index (κ2) is 5.75. The fourth-order valence-corrected chi connectivity index (χ4v) is 2.35. The van der Waals surface area contributed by atoms with Gasteiger partial charge < -0.3 is 5.73 Å². The second-order valence-electron chi connectivity index (χ2n) is 5.17. The Morgan fingerprint density at radius 2 is 1.64 bits per heavy atom. The van der Waals surface area contributed by atoms with Crippen LogP contribution >= 0.6 is 0 Å². The van der Waals surface area contributed by atoms with E-state index >= 15 is 0 Å². The van der Waals surface area contributed by atoms with Crippen LogP contribution < -0.4 is 5.73 Å². The summed E-state index contributed by atoms with van der Waals surface area (Å²) in [5.41, 5.74) is 6.57. The molecule has 0 aliphatic heterocycles. The zero-order chi connectivity index (χ0) is 10.4. The van der Waals surface area contributed by atoms with E-state index in [-0.39, 0.29) is 0 Å². The Hall–Kier alpha value is -0.0400. The molecule has 0 amide bonds. The molecule has 0 radical (unpaired) electrons. The lowest BCUT2D eigenvalue weighted by Crippen LogP contribution is -2.27. The first-order chi connectivity index (χ1) is 6.71. The quantitative estimate of drug-likeness (QED) is 0.587. The highest BCUT2D eigenvalue weighted by molar-refractivity contribution is 4.98. The van der Waals surface area contributed by atoms with Gasteiger partial charge in [-0.1, -0.05) is 45.4 Å². The molecule has 1 unspecified atom stereocenters. The number of hydrogen-bond acceptors (Lipinski definition) is 1. The van der Waals surface area contributed by atoms with E-state index in [2.05, 4.69) is 13.8 Å². The molecule has 1 aliphatic rings. The van der Waals surface area contributed by atoms with E-state index in [1.807, 2.05) is 0 Å². The first-order valence-electron chi connectivity index (χ1n) is 6.47. The molecule has 0 saturated heterocycles. The molecule has 84 valence electrons. The third-order valence-electron chi connectivity index (χ3n) is 3.89. The van der Waals surface area contributed by atoms with E-state index in [4.69, 9.17) is 5.73 Å². The Morgan fingerprint density at radius 3 is 2.14 bits per heavy atom. The minimum absolute atomic E-state index is 0.429. The SMILES string of the molecule is CCCCCCCCC1(C(C)N)CC1. The summed E-state index contributed by atoms with van der Waals surface area (Å²) < 4.78 is 0. The van der Waals surface area contributed by atoms with E-state index in [0.717, 1.165) is 0 Å². The third-order valence-corrected chi connectivity index (χ3v) is 3.89. The number of unbranched alkanes of at least 4 members (excludes halogenated alkanes) is 5. The lowest BCUT2D eigenvalue weighted by molar-refractivity contribution is 0.370. The molecule has 1 saturated carbocycles. The summed E-state index contributed by atoms with van der Waals surface area (Å²) in [6, 6.07) is 0.429. The first kappa shape index (κ1) is 12.0. The van der Waals surface area contributed by atoms with E-state index in [9.17, 15) is 0 Å². The lowest BCUT2D eigenvalue weighted by atomic mass is 9.91. The van der Waals surface area contributed by atoms with Gasteiger partial charge in [-0.2, -0.15) is 0 Å². The number of rotatable bonds is 8. The molecule has 14 heavy (non-hydrogen) atoms. The highest BCUT2D eigenvalue weighted by Gasteiger charge is 2.44. The summed E-state index contributed by atoms with van der Waals surface area (Å²) in [5, 5.41) is 0. The van der Waals surface area contributed by atoms with Crippen LogP contribution in [0.3, 0.4) is 0 Å². The van der Waals surface area contributed by atoms with Gasteiger partial charge >= 0.3 is 0 Å². The molecule has 0 bridgehead atoms. The van der Waals surface area contributed by atoms with Crippen molar-refractivity contribution in [3.8, 4) is 0 Å². The van der Waals surface area contributed by atoms with E-state index in [0.29, 0.717) is 11.5 Å². The number of nitrogens with two attached hydrogens (primary N) is 1. The largest absolute Gasteiger partial charge is 0.327 e. The zero-order valence-corrected chi connectivity index (χ0v) is 10.0. The molecule has 0 aromatic carbocycles. The van der Waals surface area contributed by atoms with Crippen molar-refractivity contribution in [2.75, 3.05) is 0 Å². The number of hydrogen-bond donors (Lipinski definition) is 1. The van der Waals surface area contributed by atoms with Crippen molar-refractivity contribution in [2.45, 2.75) is 77.7 Å². The Morgan fingerprint density at radius 1 is 1.07 bits per heavy atom. The maximum Gasteiger partial charge on any atom is 0.00670 e. The highest BCUT2D eigenvalue weighted by atomic mass is 14.7. The molecule has 1 atom stereocenters. The Balaban J connectivity index is 1.94. The van der Waals surface area contributed by atoms with Gasteiger partial charge in [-0.15, -0.1) is 0 Å². The van der Waals surface area contributed by atoms with Crippen LogP contribution in [0, 0.1) is 5.41 Å². The molecule has 0 spiro atoms. The molecule has 2 N–H and O–H groups in total. The second-order valence-corrected chi connectivity index (χ2v) is 5.17. The van der Waals surface area contributed by atoms with Crippen LogP contribution in [0.1, 0.15) is 71.6 Å². The van der Waals surface area contributed by atoms with Gasteiger partial charge in [-0.25, -0.2) is 0 Å². The van der Waals surface area contributed by atoms with Gasteiger partial charge in [0.25, 0.3) is 0 Å². The van der Waals surface area contributed by atoms with Gasteiger partial charge in [0.05, 0.1) is 0 Å². The average Bonchev–Trinajstić information content (AvgIpc) is 2.92. The standard InChI is InChI=1S/C13H27N/c1-3-4-5-6-7-8-9-13(10-11-13)12(2)14/h12H,3-11,14H2,1-2H3. The lowest BCUT2D eigenvalue weighted by Gasteiger charge is -2.18. The molecular formula is C13H27N. The van der Waals surface area contributed by atoms with Crippen molar-refractivity contribution in [1.29, 1.82) is 0 Å². The monoisotopic (exact) mass is 197 g/mol. The van der Waals surface area contributed by atoms with Crippen molar-refractivity contribution in [3.05, 3.63) is 0 Å². The fraction of sp³-hybridized carbons (Fsp3) is 1.00. The van der Waals surface area contributed by atoms with Crippen LogP contribution in [0.4, 0.5) is 0 Å². The minimum atomic E-state index is 0.429. The summed E-state index contributed by atoms with van der Waals surface area (Å²) in [5.74, 6) is 0. The smallest absolute Gasteiger partial charge is 0.00670 e. The Kier molecular flexibility index (Phi) is 4.94. The van der Waals surface area contributed by atoms with Crippen LogP contribution in [0.25, 0.3) is 0 Å². The fourth-order valence-electron chi connectivity index (χ4n) is 2.35. The molecule has 1 fully saturated rings. The summed E-state index contributed by atoms with van der Waals surface area (Å²) in [6.45, 7) is 4.46. The van der Waals surface area contributed by atoms with Gasteiger partial charge in [-0.05, 0) is 31.6 Å². The molecular weight excluding hydrogens is 170 g/mol. The molecule has 1 aliphatic carbocycles. The summed E-state index contributed by atoms with van der Waals surface area (Å²) in [7, 11) is 0. The van der Waals surface area contributed by atoms with Crippen molar-refractivity contribution >= 4 is 0 Å². The van der Waals surface area contributed by atoms with E-state index in [1.54, 1.807) is 0 Å². The van der Waals surface area contributed by atoms with Crippen LogP contribution in [0.15, 0.2) is 0 Å². The van der Waals surface area contributed by atoms with Gasteiger partial charge in [-0.3, -0.25) is 0 Å². The molecule has 0 heterocycles. The molecule has 1 rings (SSSR count). The van der Waals surface area contributed by atoms with Crippen LogP contribution in [0.2, 0.25) is 0 Å². The van der Waals surface area contributed by atoms with Crippen molar-refractivity contribution in [2.24, 2.45) is 11.1 Å². The summed E-state index contributed by atoms with van der Waals surface area (Å²) in [6.07, 6.45) is 12.6. The van der Waals surface area contributed by atoms with Gasteiger partial charge in [0.1, 0.15) is 0 Å². The van der Waals surface area contributed by atoms with Gasteiger partial charge in [0.15, 0.2) is 0 Å². The predicted molar refractivity (Wildman–Crippen MR) is 63.3 cm³/mol. The van der Waals surface area contributed by atoms with E-state index in [1.165, 1.54) is 57.8 Å². The Bertz CT molecular complexity index is 147. The molecule has 0 aromatic heterocycles. The zero-order valence-electron chi connectivity index (χ0n) is 10.0. The van der Waals surface area contributed by atoms with Crippen molar-refractivity contribution < 1.29 is 0 Å². The van der Waals surface area contributed by atoms with Crippen molar-refractivity contribution in [1.82, 2.24) is 0 Å². The first-order valence-corrected chi connectivity index (χ1v) is 6.47. The molecule has 1 heteroatoms. The Labute approximate surface area is 89.5 Å². The molecule has 0 aromatic rings. The minimum Gasteiger partial charge on any atom is -0.327 e. The van der Waals surface area contributed by atoms with Crippen LogP contribution in [0.5, 0.6) is 0 Å². The maximum absolute atomic E-state index is 6.00. The van der Waals surface area contributed by atoms with E-state index < -0.39 is 0 Å². The van der Waals surface area contributed by atoms with Gasteiger partial charge in [0.2, 0.25) is 0 Å². The van der Waals surface area contributed by atoms with Crippen LogP contribution in [-0.2, 0) is 0 Å². The molecule has 1 nitrogen and oxygen atoms in total. The average molecular weight is 197 g/mol. The van der Waals surface area contributed by atoms with Crippen molar-refractivity contribution in [3.63, 3.8) is 0 Å².